The van der Waals surface area contributed by atoms with Gasteiger partial charge in [-0.05, 0) is 55.3 Å². The lowest BCUT2D eigenvalue weighted by Crippen LogP contribution is -2.31. The van der Waals surface area contributed by atoms with Crippen LogP contribution in [0.1, 0.15) is 38.9 Å². The van der Waals surface area contributed by atoms with Crippen molar-refractivity contribution in [2.45, 2.75) is 39.0 Å². The molecule has 1 N–H and O–H groups in total. The van der Waals surface area contributed by atoms with Gasteiger partial charge in [0.05, 0.1) is 51.7 Å². The fourth-order valence-corrected chi connectivity index (χ4v) is 6.42. The van der Waals surface area contributed by atoms with Crippen LogP contribution in [-0.2, 0) is 31.4 Å². The van der Waals surface area contributed by atoms with E-state index in [1.165, 1.54) is 17.4 Å². The molecule has 0 spiro atoms. The first-order chi connectivity index (χ1) is 22.2. The fourth-order valence-electron chi connectivity index (χ4n) is 5.47. The van der Waals surface area contributed by atoms with Crippen LogP contribution in [0.4, 0.5) is 8.78 Å². The van der Waals surface area contributed by atoms with Gasteiger partial charge in [-0.3, -0.25) is 4.68 Å². The molecule has 4 aromatic heterocycles. The number of carboxylic acids is 1. The lowest BCUT2D eigenvalue weighted by molar-refractivity contribution is -0.0589. The number of rotatable bonds is 10. The molecule has 10 nitrogen and oxygen atoms in total. The van der Waals surface area contributed by atoms with Crippen molar-refractivity contribution in [3.63, 3.8) is 0 Å². The zero-order valence-electron chi connectivity index (χ0n) is 24.9. The van der Waals surface area contributed by atoms with Gasteiger partial charge in [0.2, 0.25) is 5.88 Å². The molecule has 2 aromatic carbocycles. The van der Waals surface area contributed by atoms with Gasteiger partial charge in [0.1, 0.15) is 29.1 Å². The summed E-state index contributed by atoms with van der Waals surface area (Å²) in [5, 5.41) is 14.5. The molecule has 1 saturated heterocycles. The van der Waals surface area contributed by atoms with Crippen molar-refractivity contribution in [2.24, 2.45) is 7.05 Å². The minimum Gasteiger partial charge on any atom is -0.478 e. The monoisotopic (exact) mass is 642 g/mol. The summed E-state index contributed by atoms with van der Waals surface area (Å²) in [6.45, 7) is 3.17. The number of aryl methyl sites for hydroxylation is 2. The lowest BCUT2D eigenvalue weighted by atomic mass is 10.0. The average molecular weight is 643 g/mol. The number of carboxylic acid groups (broad SMARTS) is 1. The van der Waals surface area contributed by atoms with Crippen LogP contribution in [-0.4, -0.2) is 53.1 Å². The zero-order valence-corrected chi connectivity index (χ0v) is 25.7. The summed E-state index contributed by atoms with van der Waals surface area (Å²) in [5.41, 5.74) is 3.47. The number of fused-ring (bicyclic) bond motifs is 1. The molecule has 0 amide bonds. The number of thiazole rings is 1. The first-order valence-corrected chi connectivity index (χ1v) is 15.4. The number of hydrogen-bond donors (Lipinski definition) is 1. The molecule has 46 heavy (non-hydrogen) atoms. The highest BCUT2D eigenvalue weighted by Crippen LogP contribution is 2.31. The molecule has 1 atom stereocenters. The fraction of sp³-hybridized carbons (Fsp3) is 0.242. The number of hydrogen-bond acceptors (Lipinski definition) is 8. The molecule has 1 aliphatic heterocycles. The Kier molecular flexibility index (Phi) is 7.79. The van der Waals surface area contributed by atoms with Gasteiger partial charge in [0.15, 0.2) is 0 Å². The third kappa shape index (κ3) is 5.86. The van der Waals surface area contributed by atoms with Crippen LogP contribution in [0.25, 0.3) is 32.7 Å². The average Bonchev–Trinajstić information content (AvgIpc) is 3.71. The zero-order chi connectivity index (χ0) is 31.9. The molecule has 13 heteroatoms. The van der Waals surface area contributed by atoms with E-state index in [1.807, 2.05) is 24.7 Å². The number of carbonyl (C=O) groups is 1. The van der Waals surface area contributed by atoms with Crippen LogP contribution in [0.2, 0.25) is 0 Å². The molecule has 0 saturated carbocycles. The van der Waals surface area contributed by atoms with Gasteiger partial charge in [0, 0.05) is 43.5 Å². The predicted octanol–water partition coefficient (Wildman–Crippen LogP) is 6.20. The van der Waals surface area contributed by atoms with E-state index < -0.39 is 17.6 Å². The maximum absolute atomic E-state index is 15.6. The number of aromatic carboxylic acids is 1. The molecular formula is C33H28F2N6O4S. The SMILES string of the molecule is Cc1nc(COc2cccc(-c3cc(F)c(Cc4nc5ccc(C(=O)O)cc5n4C[C@H]4CCO4)cc3F)n2)sc1-c1cnn(C)c1. The first kappa shape index (κ1) is 29.7. The van der Waals surface area contributed by atoms with Crippen LogP contribution in [0.15, 0.2) is 60.9 Å². The Hall–Kier alpha value is -5.01. The van der Waals surface area contributed by atoms with Crippen molar-refractivity contribution in [1.29, 1.82) is 0 Å². The number of ether oxygens (including phenoxy) is 2. The molecule has 0 radical (unpaired) electrons. The molecular weight excluding hydrogens is 614 g/mol. The van der Waals surface area contributed by atoms with Gasteiger partial charge in [-0.1, -0.05) is 6.07 Å². The third-order valence-corrected chi connectivity index (χ3v) is 9.07. The molecule has 1 aliphatic rings. The molecule has 0 aliphatic carbocycles. The molecule has 6 aromatic rings. The van der Waals surface area contributed by atoms with Gasteiger partial charge in [-0.15, -0.1) is 11.3 Å². The summed E-state index contributed by atoms with van der Waals surface area (Å²) in [6, 6.07) is 11.9. The highest BCUT2D eigenvalue weighted by molar-refractivity contribution is 7.15. The van der Waals surface area contributed by atoms with E-state index in [0.29, 0.717) is 30.0 Å². The maximum Gasteiger partial charge on any atom is 0.335 e. The first-order valence-electron chi connectivity index (χ1n) is 14.6. The summed E-state index contributed by atoms with van der Waals surface area (Å²) in [5.74, 6) is -1.58. The van der Waals surface area contributed by atoms with Crippen molar-refractivity contribution < 1.29 is 28.2 Å². The van der Waals surface area contributed by atoms with Gasteiger partial charge < -0.3 is 19.1 Å². The number of benzene rings is 2. The van der Waals surface area contributed by atoms with Gasteiger partial charge >= 0.3 is 5.97 Å². The van der Waals surface area contributed by atoms with Crippen molar-refractivity contribution in [3.05, 3.63) is 100 Å². The lowest BCUT2D eigenvalue weighted by Gasteiger charge is -2.27. The largest absolute Gasteiger partial charge is 0.478 e. The standard InChI is InChI=1S/C33H28F2N6O4S/c1-18-32(21-14-36-40(2)15-21)46-31(37-18)17-45-30-5-3-4-26(39-30)23-13-24(34)20(10-25(23)35)12-29-38-27-7-6-19(33(42)43)11-28(27)41(29)16-22-8-9-44-22/h3-7,10-11,13-15,22H,8-9,12,16-17H2,1-2H3,(H,42,43)/t22-/m1/s1. The van der Waals surface area contributed by atoms with E-state index in [0.717, 1.165) is 39.7 Å². The van der Waals surface area contributed by atoms with Crippen molar-refractivity contribution in [2.75, 3.05) is 6.61 Å². The Morgan fingerprint density at radius 3 is 2.72 bits per heavy atom. The number of nitrogens with zero attached hydrogens (tertiary/aromatic N) is 6. The summed E-state index contributed by atoms with van der Waals surface area (Å²) < 4.78 is 46.2. The van der Waals surface area contributed by atoms with Crippen LogP contribution in [0.3, 0.4) is 0 Å². The van der Waals surface area contributed by atoms with E-state index >= 15 is 8.78 Å². The number of aromatic nitrogens is 6. The van der Waals surface area contributed by atoms with Crippen LogP contribution < -0.4 is 4.74 Å². The second kappa shape index (κ2) is 12.1. The Morgan fingerprint density at radius 2 is 1.98 bits per heavy atom. The molecule has 1 fully saturated rings. The van der Waals surface area contributed by atoms with E-state index in [-0.39, 0.29) is 47.4 Å². The van der Waals surface area contributed by atoms with Gasteiger partial charge in [-0.25, -0.2) is 28.5 Å². The van der Waals surface area contributed by atoms with E-state index in [1.54, 1.807) is 41.2 Å². The summed E-state index contributed by atoms with van der Waals surface area (Å²) in [6.07, 6.45) is 4.49. The summed E-state index contributed by atoms with van der Waals surface area (Å²) in [4.78, 5) is 26.3. The predicted molar refractivity (Wildman–Crippen MR) is 167 cm³/mol. The minimum atomic E-state index is -1.06. The summed E-state index contributed by atoms with van der Waals surface area (Å²) >= 11 is 1.50. The number of pyridine rings is 1. The van der Waals surface area contributed by atoms with Crippen LogP contribution >= 0.6 is 11.3 Å². The Bertz CT molecular complexity index is 2100. The Morgan fingerprint density at radius 1 is 1.13 bits per heavy atom. The topological polar surface area (TPSA) is 117 Å². The van der Waals surface area contributed by atoms with Gasteiger partial charge in [-0.2, -0.15) is 5.10 Å². The van der Waals surface area contributed by atoms with E-state index in [4.69, 9.17) is 9.47 Å². The van der Waals surface area contributed by atoms with Crippen LogP contribution in [0, 0.1) is 18.6 Å². The summed E-state index contributed by atoms with van der Waals surface area (Å²) in [7, 11) is 1.86. The molecule has 0 unspecified atom stereocenters. The molecule has 0 bridgehead atoms. The number of halogens is 2. The highest BCUT2D eigenvalue weighted by atomic mass is 32.1. The Labute approximate surface area is 265 Å². The van der Waals surface area contributed by atoms with E-state index in [9.17, 15) is 9.90 Å². The van der Waals surface area contributed by atoms with Crippen LogP contribution in [0.5, 0.6) is 5.88 Å². The number of imidazole rings is 1. The second-order valence-corrected chi connectivity index (χ2v) is 12.2. The quantitative estimate of drug-likeness (QED) is 0.188. The highest BCUT2D eigenvalue weighted by Gasteiger charge is 2.24. The molecule has 234 valence electrons. The smallest absolute Gasteiger partial charge is 0.335 e. The minimum absolute atomic E-state index is 0.00173. The van der Waals surface area contributed by atoms with Crippen molar-refractivity contribution >= 4 is 28.3 Å². The van der Waals surface area contributed by atoms with Gasteiger partial charge in [0.25, 0.3) is 0 Å². The molecule has 5 heterocycles. The normalized spacial score (nSPS) is 14.5. The van der Waals surface area contributed by atoms with E-state index in [2.05, 4.69) is 20.1 Å². The second-order valence-electron chi connectivity index (χ2n) is 11.1. The Balaban J connectivity index is 1.12. The third-order valence-electron chi connectivity index (χ3n) is 7.89. The van der Waals surface area contributed by atoms with Crippen molar-refractivity contribution in [3.8, 4) is 27.6 Å². The van der Waals surface area contributed by atoms with Crippen molar-refractivity contribution in [1.82, 2.24) is 29.3 Å². The molecule has 7 rings (SSSR count). The maximum atomic E-state index is 15.6.